The molecule has 0 aliphatic heterocycles. The molecule has 0 radical (unpaired) electrons. The van der Waals surface area contributed by atoms with E-state index in [9.17, 15) is 0 Å². The van der Waals surface area contributed by atoms with Gasteiger partial charge < -0.3 is 18.9 Å². The average molecular weight is 361 g/mol. The zero-order valence-electron chi connectivity index (χ0n) is 13.7. The van der Waals surface area contributed by atoms with Crippen molar-refractivity contribution in [2.24, 2.45) is 10.2 Å². The van der Waals surface area contributed by atoms with Gasteiger partial charge >= 0.3 is 0 Å². The molecule has 0 fully saturated rings. The molecule has 132 valence electrons. The smallest absolute Gasteiger partial charge is 0.229 e. The Balaban J connectivity index is 2.06. The average Bonchev–Trinajstić information content (AvgIpc) is 3.15. The fraction of sp³-hybridized carbons (Fsp3) is 0.235. The lowest BCUT2D eigenvalue weighted by molar-refractivity contribution is 0.174. The maximum Gasteiger partial charge on any atom is 0.229 e. The quantitative estimate of drug-likeness (QED) is 0.313. The first-order valence-corrected chi connectivity index (χ1v) is 8.37. The molecule has 0 saturated carbocycles. The molecule has 0 N–H and O–H groups in total. The van der Waals surface area contributed by atoms with E-state index in [0.29, 0.717) is 48.7 Å². The van der Waals surface area contributed by atoms with Crippen molar-refractivity contribution in [3.63, 3.8) is 0 Å². The lowest BCUT2D eigenvalue weighted by Gasteiger charge is -2.11. The first-order valence-electron chi connectivity index (χ1n) is 7.49. The van der Waals surface area contributed by atoms with Crippen LogP contribution in [-0.4, -0.2) is 31.4 Å². The second-order valence-corrected chi connectivity index (χ2v) is 5.29. The molecule has 0 aliphatic carbocycles. The molecule has 2 rings (SSSR count). The number of hydrogen-bond acceptors (Lipinski definition) is 8. The van der Waals surface area contributed by atoms with Crippen LogP contribution in [0.1, 0.15) is 0 Å². The van der Waals surface area contributed by atoms with Gasteiger partial charge in [-0.05, 0) is 12.1 Å². The molecule has 2 aromatic rings. The van der Waals surface area contributed by atoms with E-state index in [1.165, 1.54) is 23.9 Å². The zero-order chi connectivity index (χ0) is 17.7. The van der Waals surface area contributed by atoms with Gasteiger partial charge in [0.15, 0.2) is 5.75 Å². The van der Waals surface area contributed by atoms with Gasteiger partial charge in [0.05, 0.1) is 12.5 Å². The van der Waals surface area contributed by atoms with Crippen LogP contribution in [0.3, 0.4) is 0 Å². The Labute approximate surface area is 150 Å². The van der Waals surface area contributed by atoms with E-state index in [0.717, 1.165) is 0 Å². The lowest BCUT2D eigenvalue weighted by atomic mass is 10.3. The molecule has 0 amide bonds. The number of aromatic nitrogens is 1. The van der Waals surface area contributed by atoms with Gasteiger partial charge in [0.2, 0.25) is 5.13 Å². The highest BCUT2D eigenvalue weighted by atomic mass is 32.1. The SMILES string of the molecule is C=COCCOc1ccc(N=Nc2nccs2)c(OCCOC=C)c1. The Morgan fingerprint density at radius 2 is 1.76 bits per heavy atom. The van der Waals surface area contributed by atoms with E-state index in [4.69, 9.17) is 18.9 Å². The summed E-state index contributed by atoms with van der Waals surface area (Å²) in [6, 6.07) is 5.31. The molecule has 0 atom stereocenters. The number of benzene rings is 1. The molecule has 0 aliphatic rings. The normalized spacial score (nSPS) is 10.4. The maximum absolute atomic E-state index is 5.71. The van der Waals surface area contributed by atoms with E-state index in [-0.39, 0.29) is 0 Å². The number of hydrogen-bond donors (Lipinski definition) is 0. The van der Waals surface area contributed by atoms with Crippen LogP contribution >= 0.6 is 11.3 Å². The predicted octanol–water partition coefficient (Wildman–Crippen LogP) is 4.64. The van der Waals surface area contributed by atoms with Crippen LogP contribution in [-0.2, 0) is 9.47 Å². The van der Waals surface area contributed by atoms with Gasteiger partial charge in [-0.3, -0.25) is 0 Å². The van der Waals surface area contributed by atoms with E-state index in [1.54, 1.807) is 24.4 Å². The fourth-order valence-electron chi connectivity index (χ4n) is 1.72. The first kappa shape index (κ1) is 18.5. The van der Waals surface area contributed by atoms with Crippen molar-refractivity contribution in [2.45, 2.75) is 0 Å². The molecule has 0 bridgehead atoms. The molecule has 1 aromatic carbocycles. The summed E-state index contributed by atoms with van der Waals surface area (Å²) >= 11 is 1.40. The molecular weight excluding hydrogens is 342 g/mol. The molecule has 8 heteroatoms. The maximum atomic E-state index is 5.71. The van der Waals surface area contributed by atoms with Gasteiger partial charge in [-0.1, -0.05) is 13.2 Å². The summed E-state index contributed by atoms with van der Waals surface area (Å²) in [5.41, 5.74) is 0.573. The van der Waals surface area contributed by atoms with Crippen LogP contribution in [0.2, 0.25) is 0 Å². The van der Waals surface area contributed by atoms with E-state index in [2.05, 4.69) is 28.4 Å². The minimum atomic E-state index is 0.342. The molecular formula is C17H19N3O4S. The van der Waals surface area contributed by atoms with Crippen molar-refractivity contribution in [1.29, 1.82) is 0 Å². The summed E-state index contributed by atoms with van der Waals surface area (Å²) < 4.78 is 21.4. The minimum absolute atomic E-state index is 0.342. The fourth-order valence-corrected chi connectivity index (χ4v) is 2.17. The highest BCUT2D eigenvalue weighted by molar-refractivity contribution is 7.13. The largest absolute Gasteiger partial charge is 0.498 e. The summed E-state index contributed by atoms with van der Waals surface area (Å²) in [4.78, 5) is 4.06. The highest BCUT2D eigenvalue weighted by Gasteiger charge is 2.07. The van der Waals surface area contributed by atoms with Crippen molar-refractivity contribution >= 4 is 22.2 Å². The predicted molar refractivity (Wildman–Crippen MR) is 96.0 cm³/mol. The number of nitrogens with zero attached hydrogens (tertiary/aromatic N) is 3. The summed E-state index contributed by atoms with van der Waals surface area (Å²) in [6.07, 6.45) is 4.41. The van der Waals surface area contributed by atoms with E-state index >= 15 is 0 Å². The van der Waals surface area contributed by atoms with Crippen molar-refractivity contribution < 1.29 is 18.9 Å². The second-order valence-electron chi connectivity index (χ2n) is 4.42. The summed E-state index contributed by atoms with van der Waals surface area (Å²) in [6.45, 7) is 8.50. The van der Waals surface area contributed by atoms with E-state index < -0.39 is 0 Å². The van der Waals surface area contributed by atoms with Gasteiger partial charge in [-0.2, -0.15) is 0 Å². The van der Waals surface area contributed by atoms with Crippen molar-refractivity contribution in [1.82, 2.24) is 4.98 Å². The third-order valence-corrected chi connectivity index (χ3v) is 3.41. The topological polar surface area (TPSA) is 74.5 Å². The summed E-state index contributed by atoms with van der Waals surface area (Å²) in [5.74, 6) is 1.18. The van der Waals surface area contributed by atoms with Crippen LogP contribution < -0.4 is 9.47 Å². The molecule has 0 unspecified atom stereocenters. The third kappa shape index (κ3) is 6.64. The molecule has 1 aromatic heterocycles. The van der Waals surface area contributed by atoms with Crippen LogP contribution in [0, 0.1) is 0 Å². The molecule has 25 heavy (non-hydrogen) atoms. The standard InChI is InChI=1S/C17H19N3O4S/c1-3-21-8-10-23-14-5-6-15(19-20-17-18-7-12-25-17)16(13-14)24-11-9-22-4-2/h3-7,12-13H,1-2,8-11H2. The van der Waals surface area contributed by atoms with Crippen LogP contribution in [0.5, 0.6) is 11.5 Å². The Hall–Kier alpha value is -2.87. The third-order valence-electron chi connectivity index (χ3n) is 2.76. The van der Waals surface area contributed by atoms with Gasteiger partial charge in [0, 0.05) is 17.6 Å². The van der Waals surface area contributed by atoms with Gasteiger partial charge in [0.1, 0.15) is 37.9 Å². The molecule has 1 heterocycles. The summed E-state index contributed by atoms with van der Waals surface area (Å²) in [7, 11) is 0. The Morgan fingerprint density at radius 3 is 2.44 bits per heavy atom. The molecule has 0 saturated heterocycles. The van der Waals surface area contributed by atoms with Gasteiger partial charge in [0.25, 0.3) is 0 Å². The zero-order valence-corrected chi connectivity index (χ0v) is 14.5. The lowest BCUT2D eigenvalue weighted by Crippen LogP contribution is -2.06. The van der Waals surface area contributed by atoms with Crippen LogP contribution in [0.4, 0.5) is 10.8 Å². The second kappa shape index (κ2) is 10.8. The Kier molecular flexibility index (Phi) is 7.99. The number of azo groups is 1. The Bertz CT molecular complexity index is 689. The Morgan fingerprint density at radius 1 is 1.00 bits per heavy atom. The molecule has 7 nitrogen and oxygen atoms in total. The molecule has 0 spiro atoms. The van der Waals surface area contributed by atoms with Crippen LogP contribution in [0.25, 0.3) is 0 Å². The van der Waals surface area contributed by atoms with Crippen molar-refractivity contribution in [2.75, 3.05) is 26.4 Å². The highest BCUT2D eigenvalue weighted by Crippen LogP contribution is 2.33. The van der Waals surface area contributed by atoms with Crippen LogP contribution in [0.15, 0.2) is 65.7 Å². The van der Waals surface area contributed by atoms with Crippen molar-refractivity contribution in [3.8, 4) is 11.5 Å². The monoisotopic (exact) mass is 361 g/mol. The number of thiazole rings is 1. The van der Waals surface area contributed by atoms with Crippen molar-refractivity contribution in [3.05, 3.63) is 55.5 Å². The van der Waals surface area contributed by atoms with Gasteiger partial charge in [-0.25, -0.2) is 4.98 Å². The van der Waals surface area contributed by atoms with E-state index in [1.807, 2.05) is 5.38 Å². The van der Waals surface area contributed by atoms with Gasteiger partial charge in [-0.15, -0.1) is 21.6 Å². The first-order chi connectivity index (χ1) is 12.3. The minimum Gasteiger partial charge on any atom is -0.498 e. The summed E-state index contributed by atoms with van der Waals surface area (Å²) in [5, 5.41) is 10.7. The number of ether oxygens (including phenoxy) is 4. The number of rotatable bonds is 12.